The lowest BCUT2D eigenvalue weighted by Crippen LogP contribution is -2.45. The summed E-state index contributed by atoms with van der Waals surface area (Å²) in [5.41, 5.74) is 2.06. The van der Waals surface area contributed by atoms with Gasteiger partial charge in [-0.05, 0) is 75.6 Å². The van der Waals surface area contributed by atoms with Crippen LogP contribution in [0.1, 0.15) is 43.7 Å². The van der Waals surface area contributed by atoms with Crippen molar-refractivity contribution in [2.75, 3.05) is 13.1 Å². The molecule has 2 fully saturated rings. The summed E-state index contributed by atoms with van der Waals surface area (Å²) in [6.45, 7) is 6.77. The van der Waals surface area contributed by atoms with Crippen LogP contribution in [0.2, 0.25) is 0 Å². The van der Waals surface area contributed by atoms with Gasteiger partial charge < -0.3 is 5.32 Å². The largest absolute Gasteiger partial charge is 0.353 e. The molecule has 1 aromatic rings. The zero-order valence-corrected chi connectivity index (χ0v) is 16.1. The van der Waals surface area contributed by atoms with E-state index in [0.717, 1.165) is 11.1 Å². The molecule has 1 atom stereocenters. The molecule has 1 N–H and O–H groups in total. The van der Waals surface area contributed by atoms with Gasteiger partial charge in [0.05, 0.1) is 4.90 Å². The first-order chi connectivity index (χ1) is 11.8. The third kappa shape index (κ3) is 4.06. The molecule has 1 aliphatic carbocycles. The fraction of sp³-hybridized carbons (Fsp3) is 0.632. The Labute approximate surface area is 150 Å². The molecular weight excluding hydrogens is 336 g/mol. The highest BCUT2D eigenvalue weighted by atomic mass is 32.2. The van der Waals surface area contributed by atoms with Crippen molar-refractivity contribution < 1.29 is 13.2 Å². The van der Waals surface area contributed by atoms with E-state index in [1.54, 1.807) is 12.1 Å². The van der Waals surface area contributed by atoms with Gasteiger partial charge in [-0.1, -0.05) is 6.07 Å². The number of benzene rings is 1. The molecule has 138 valence electrons. The molecule has 6 heteroatoms. The van der Waals surface area contributed by atoms with Gasteiger partial charge in [0.15, 0.2) is 0 Å². The summed E-state index contributed by atoms with van der Waals surface area (Å²) < 4.78 is 27.2. The minimum absolute atomic E-state index is 0.0765. The van der Waals surface area contributed by atoms with Gasteiger partial charge in [-0.25, -0.2) is 8.42 Å². The minimum atomic E-state index is -3.48. The van der Waals surface area contributed by atoms with Gasteiger partial charge in [-0.15, -0.1) is 0 Å². The second-order valence-electron chi connectivity index (χ2n) is 7.56. The van der Waals surface area contributed by atoms with Crippen molar-refractivity contribution in [3.8, 4) is 0 Å². The molecule has 1 amide bonds. The first kappa shape index (κ1) is 18.4. The molecular formula is C19H28N2O3S. The van der Waals surface area contributed by atoms with Gasteiger partial charge in [0, 0.05) is 25.0 Å². The molecule has 0 bridgehead atoms. The smallest absolute Gasteiger partial charge is 0.243 e. The highest BCUT2D eigenvalue weighted by Gasteiger charge is 2.34. The van der Waals surface area contributed by atoms with E-state index >= 15 is 0 Å². The topological polar surface area (TPSA) is 66.5 Å². The maximum atomic E-state index is 12.8. The van der Waals surface area contributed by atoms with Gasteiger partial charge in [-0.3, -0.25) is 4.79 Å². The highest BCUT2D eigenvalue weighted by molar-refractivity contribution is 7.89. The first-order valence-corrected chi connectivity index (χ1v) is 10.6. The molecule has 2 aliphatic rings. The molecule has 5 nitrogen and oxygen atoms in total. The number of piperidine rings is 1. The van der Waals surface area contributed by atoms with Gasteiger partial charge in [0.25, 0.3) is 0 Å². The standard InChI is InChI=1S/C19H28N2O3S/c1-13-4-7-18(12-14(13)2)25(23,24)21-10-8-17(9-11-21)19(22)20-15(3)16-5-6-16/h4,7,12,15-17H,5-6,8-11H2,1-3H3,(H,20,22)/t15-/m1/s1. The Hall–Kier alpha value is -1.40. The summed E-state index contributed by atoms with van der Waals surface area (Å²) in [6.07, 6.45) is 3.59. The maximum Gasteiger partial charge on any atom is 0.243 e. The van der Waals surface area contributed by atoms with Crippen LogP contribution >= 0.6 is 0 Å². The fourth-order valence-corrected chi connectivity index (χ4v) is 4.99. The van der Waals surface area contributed by atoms with E-state index in [2.05, 4.69) is 12.2 Å². The molecule has 25 heavy (non-hydrogen) atoms. The van der Waals surface area contributed by atoms with Crippen LogP contribution in [-0.2, 0) is 14.8 Å². The molecule has 0 aromatic heterocycles. The normalized spacial score (nSPS) is 21.1. The monoisotopic (exact) mass is 364 g/mol. The Morgan fingerprint density at radius 2 is 1.76 bits per heavy atom. The van der Waals surface area contributed by atoms with Crippen LogP contribution in [0.3, 0.4) is 0 Å². The van der Waals surface area contributed by atoms with Crippen molar-refractivity contribution in [2.24, 2.45) is 11.8 Å². The third-order valence-corrected chi connectivity index (χ3v) is 7.53. The van der Waals surface area contributed by atoms with E-state index in [1.165, 1.54) is 17.1 Å². The summed E-state index contributed by atoms with van der Waals surface area (Å²) in [5.74, 6) is 0.643. The van der Waals surface area contributed by atoms with Crippen molar-refractivity contribution in [1.82, 2.24) is 9.62 Å². The zero-order chi connectivity index (χ0) is 18.2. The predicted octanol–water partition coefficient (Wildman–Crippen LogP) is 2.62. The fourth-order valence-electron chi connectivity index (χ4n) is 3.44. The molecule has 1 aliphatic heterocycles. The lowest BCUT2D eigenvalue weighted by Gasteiger charge is -2.31. The van der Waals surface area contributed by atoms with E-state index in [1.807, 2.05) is 19.9 Å². The highest BCUT2D eigenvalue weighted by Crippen LogP contribution is 2.33. The molecule has 1 aromatic carbocycles. The van der Waals surface area contributed by atoms with Gasteiger partial charge in [0.2, 0.25) is 15.9 Å². The molecule has 3 rings (SSSR count). The van der Waals surface area contributed by atoms with E-state index in [0.29, 0.717) is 36.7 Å². The number of sulfonamides is 1. The van der Waals surface area contributed by atoms with Crippen molar-refractivity contribution in [3.05, 3.63) is 29.3 Å². The Kier molecular flexibility index (Phi) is 5.21. The summed E-state index contributed by atoms with van der Waals surface area (Å²) in [4.78, 5) is 12.7. The number of aryl methyl sites for hydroxylation is 2. The average Bonchev–Trinajstić information content (AvgIpc) is 3.42. The number of nitrogens with zero attached hydrogens (tertiary/aromatic N) is 1. The second kappa shape index (κ2) is 7.08. The number of rotatable bonds is 5. The van der Waals surface area contributed by atoms with E-state index < -0.39 is 10.0 Å². The summed E-state index contributed by atoms with van der Waals surface area (Å²) >= 11 is 0. The third-order valence-electron chi connectivity index (χ3n) is 5.64. The Morgan fingerprint density at radius 1 is 1.12 bits per heavy atom. The number of carbonyl (C=O) groups is 1. The molecule has 0 radical (unpaired) electrons. The van der Waals surface area contributed by atoms with Gasteiger partial charge in [-0.2, -0.15) is 4.31 Å². The van der Waals surface area contributed by atoms with Crippen LogP contribution < -0.4 is 5.32 Å². The van der Waals surface area contributed by atoms with Crippen molar-refractivity contribution in [1.29, 1.82) is 0 Å². The first-order valence-electron chi connectivity index (χ1n) is 9.17. The number of amides is 1. The Balaban J connectivity index is 1.60. The van der Waals surface area contributed by atoms with Gasteiger partial charge in [0.1, 0.15) is 0 Å². The van der Waals surface area contributed by atoms with Crippen molar-refractivity contribution in [3.63, 3.8) is 0 Å². The van der Waals surface area contributed by atoms with Gasteiger partial charge >= 0.3 is 0 Å². The quantitative estimate of drug-likeness (QED) is 0.873. The molecule has 0 unspecified atom stereocenters. The molecule has 1 heterocycles. The van der Waals surface area contributed by atoms with Crippen LogP contribution in [0.5, 0.6) is 0 Å². The maximum absolute atomic E-state index is 12.8. The lowest BCUT2D eigenvalue weighted by molar-refractivity contribution is -0.126. The molecule has 0 spiro atoms. The lowest BCUT2D eigenvalue weighted by atomic mass is 9.96. The average molecular weight is 365 g/mol. The van der Waals surface area contributed by atoms with E-state index in [9.17, 15) is 13.2 Å². The zero-order valence-electron chi connectivity index (χ0n) is 15.3. The van der Waals surface area contributed by atoms with Crippen molar-refractivity contribution in [2.45, 2.75) is 57.4 Å². The Bertz CT molecular complexity index is 748. The number of hydrogen-bond donors (Lipinski definition) is 1. The predicted molar refractivity (Wildman–Crippen MR) is 97.7 cm³/mol. The van der Waals surface area contributed by atoms with Crippen LogP contribution in [0, 0.1) is 25.7 Å². The number of nitrogens with one attached hydrogen (secondary N) is 1. The molecule has 1 saturated carbocycles. The summed E-state index contributed by atoms with van der Waals surface area (Å²) in [5, 5.41) is 3.10. The van der Waals surface area contributed by atoms with Crippen LogP contribution in [0.15, 0.2) is 23.1 Å². The van der Waals surface area contributed by atoms with Crippen molar-refractivity contribution >= 4 is 15.9 Å². The second-order valence-corrected chi connectivity index (χ2v) is 9.50. The van der Waals surface area contributed by atoms with Crippen LogP contribution in [0.25, 0.3) is 0 Å². The van der Waals surface area contributed by atoms with E-state index in [-0.39, 0.29) is 17.9 Å². The Morgan fingerprint density at radius 3 is 2.32 bits per heavy atom. The summed E-state index contributed by atoms with van der Waals surface area (Å²) in [6, 6.07) is 5.50. The SMILES string of the molecule is Cc1ccc(S(=O)(=O)N2CCC(C(=O)N[C@H](C)C3CC3)CC2)cc1C. The number of hydrogen-bond acceptors (Lipinski definition) is 3. The van der Waals surface area contributed by atoms with E-state index in [4.69, 9.17) is 0 Å². The van der Waals surface area contributed by atoms with Crippen LogP contribution in [-0.4, -0.2) is 37.8 Å². The summed E-state index contributed by atoms with van der Waals surface area (Å²) in [7, 11) is -3.48. The van der Waals surface area contributed by atoms with Crippen LogP contribution in [0.4, 0.5) is 0 Å². The minimum Gasteiger partial charge on any atom is -0.353 e. The molecule has 1 saturated heterocycles. The number of carbonyl (C=O) groups excluding carboxylic acids is 1.